The SMILES string of the molecule is NC(=NCC(c1ccccc1)C(F)(F)F)Nc1ccc2c(c1)OCCCO2. The fourth-order valence-corrected chi connectivity index (χ4v) is 2.70. The number of hydrogen-bond acceptors (Lipinski definition) is 3. The molecule has 5 nitrogen and oxygen atoms in total. The van der Waals surface area contributed by atoms with E-state index in [-0.39, 0.29) is 11.5 Å². The third-order valence-corrected chi connectivity index (χ3v) is 4.06. The largest absolute Gasteiger partial charge is 0.490 e. The van der Waals surface area contributed by atoms with Gasteiger partial charge >= 0.3 is 6.18 Å². The van der Waals surface area contributed by atoms with Gasteiger partial charge in [-0.25, -0.2) is 0 Å². The van der Waals surface area contributed by atoms with Gasteiger partial charge in [0.2, 0.25) is 0 Å². The highest BCUT2D eigenvalue weighted by Gasteiger charge is 2.40. The number of ether oxygens (including phenoxy) is 2. The van der Waals surface area contributed by atoms with E-state index < -0.39 is 18.6 Å². The number of rotatable bonds is 4. The van der Waals surface area contributed by atoms with Crippen LogP contribution in [-0.2, 0) is 0 Å². The van der Waals surface area contributed by atoms with Crippen molar-refractivity contribution in [1.82, 2.24) is 0 Å². The number of benzene rings is 2. The summed E-state index contributed by atoms with van der Waals surface area (Å²) in [5.41, 5.74) is 6.49. The molecule has 1 aliphatic heterocycles. The summed E-state index contributed by atoms with van der Waals surface area (Å²) in [5, 5.41) is 2.80. The van der Waals surface area contributed by atoms with Crippen molar-refractivity contribution >= 4 is 11.6 Å². The smallest absolute Gasteiger partial charge is 0.397 e. The average Bonchev–Trinajstić information content (AvgIpc) is 2.86. The van der Waals surface area contributed by atoms with Crippen LogP contribution >= 0.6 is 0 Å². The molecule has 1 aliphatic rings. The van der Waals surface area contributed by atoms with Crippen LogP contribution in [0.3, 0.4) is 0 Å². The van der Waals surface area contributed by atoms with Crippen LogP contribution in [0.15, 0.2) is 53.5 Å². The molecule has 0 fully saturated rings. The zero-order valence-corrected chi connectivity index (χ0v) is 14.5. The van der Waals surface area contributed by atoms with E-state index in [0.717, 1.165) is 6.42 Å². The number of anilines is 1. The Morgan fingerprint density at radius 2 is 1.78 bits per heavy atom. The van der Waals surface area contributed by atoms with Crippen molar-refractivity contribution < 1.29 is 22.6 Å². The minimum atomic E-state index is -4.42. The molecule has 0 aliphatic carbocycles. The Bertz CT molecular complexity index is 795. The summed E-state index contributed by atoms with van der Waals surface area (Å²) >= 11 is 0. The lowest BCUT2D eigenvalue weighted by Crippen LogP contribution is -2.27. The lowest BCUT2D eigenvalue weighted by molar-refractivity contribution is -0.148. The summed E-state index contributed by atoms with van der Waals surface area (Å²) in [4.78, 5) is 3.88. The predicted octanol–water partition coefficient (Wildman–Crippen LogP) is 3.92. The minimum absolute atomic E-state index is 0.102. The number of aliphatic imine (C=N–C) groups is 1. The number of alkyl halides is 3. The van der Waals surface area contributed by atoms with Crippen molar-refractivity contribution in [2.45, 2.75) is 18.5 Å². The van der Waals surface area contributed by atoms with E-state index in [0.29, 0.717) is 30.4 Å². The maximum atomic E-state index is 13.3. The molecule has 0 saturated heterocycles. The second kappa shape index (κ2) is 8.20. The van der Waals surface area contributed by atoms with Gasteiger partial charge in [-0.1, -0.05) is 30.3 Å². The van der Waals surface area contributed by atoms with Gasteiger partial charge in [0.15, 0.2) is 17.5 Å². The standard InChI is InChI=1S/C19H20F3N3O2/c20-19(21,22)15(13-5-2-1-3-6-13)12-24-18(23)25-14-7-8-16-17(11-14)27-10-4-9-26-16/h1-3,5-8,11,15H,4,9-10,12H2,(H3,23,24,25). The van der Waals surface area contributed by atoms with Crippen molar-refractivity contribution in [3.05, 3.63) is 54.1 Å². The molecule has 27 heavy (non-hydrogen) atoms. The Morgan fingerprint density at radius 1 is 1.07 bits per heavy atom. The van der Waals surface area contributed by atoms with Crippen molar-refractivity contribution in [3.63, 3.8) is 0 Å². The molecule has 1 heterocycles. The number of nitrogens with two attached hydrogens (primary N) is 1. The van der Waals surface area contributed by atoms with Gasteiger partial charge in [-0.3, -0.25) is 4.99 Å². The molecular formula is C19H20F3N3O2. The van der Waals surface area contributed by atoms with Gasteiger partial charge in [-0.05, 0) is 17.7 Å². The topological polar surface area (TPSA) is 68.9 Å². The van der Waals surface area contributed by atoms with Gasteiger partial charge in [-0.15, -0.1) is 0 Å². The van der Waals surface area contributed by atoms with Crippen LogP contribution < -0.4 is 20.5 Å². The van der Waals surface area contributed by atoms with Crippen LogP contribution in [0.2, 0.25) is 0 Å². The van der Waals surface area contributed by atoms with Crippen LogP contribution in [-0.4, -0.2) is 31.9 Å². The zero-order chi connectivity index (χ0) is 19.3. The minimum Gasteiger partial charge on any atom is -0.490 e. The molecule has 0 radical (unpaired) electrons. The van der Waals surface area contributed by atoms with Crippen molar-refractivity contribution in [2.75, 3.05) is 25.1 Å². The molecule has 0 saturated carbocycles. The Hall–Kier alpha value is -2.90. The monoisotopic (exact) mass is 379 g/mol. The van der Waals surface area contributed by atoms with Gasteiger partial charge in [-0.2, -0.15) is 13.2 Å². The summed E-state index contributed by atoms with van der Waals surface area (Å²) in [6.07, 6.45) is -3.64. The number of nitrogens with zero attached hydrogens (tertiary/aromatic N) is 1. The van der Waals surface area contributed by atoms with E-state index in [9.17, 15) is 13.2 Å². The fourth-order valence-electron chi connectivity index (χ4n) is 2.70. The predicted molar refractivity (Wildman–Crippen MR) is 97.4 cm³/mol. The number of halogens is 3. The maximum Gasteiger partial charge on any atom is 0.397 e. The lowest BCUT2D eigenvalue weighted by Gasteiger charge is -2.19. The fraction of sp³-hybridized carbons (Fsp3) is 0.316. The molecule has 0 aromatic heterocycles. The summed E-state index contributed by atoms with van der Waals surface area (Å²) in [6, 6.07) is 12.8. The Morgan fingerprint density at radius 3 is 2.48 bits per heavy atom. The van der Waals surface area contributed by atoms with E-state index in [1.54, 1.807) is 36.4 Å². The molecule has 0 spiro atoms. The number of hydrogen-bond donors (Lipinski definition) is 2. The highest BCUT2D eigenvalue weighted by molar-refractivity contribution is 5.92. The van der Waals surface area contributed by atoms with Crippen LogP contribution in [0, 0.1) is 0 Å². The first-order valence-corrected chi connectivity index (χ1v) is 8.52. The quantitative estimate of drug-likeness (QED) is 0.624. The van der Waals surface area contributed by atoms with Crippen molar-refractivity contribution in [2.24, 2.45) is 10.7 Å². The highest BCUT2D eigenvalue weighted by Crippen LogP contribution is 2.35. The zero-order valence-electron chi connectivity index (χ0n) is 14.5. The third-order valence-electron chi connectivity index (χ3n) is 4.06. The van der Waals surface area contributed by atoms with Gasteiger partial charge in [0.05, 0.1) is 25.7 Å². The van der Waals surface area contributed by atoms with E-state index in [1.807, 2.05) is 0 Å². The van der Waals surface area contributed by atoms with E-state index >= 15 is 0 Å². The molecule has 8 heteroatoms. The molecule has 0 bridgehead atoms. The summed E-state index contributed by atoms with van der Waals surface area (Å²) in [5.74, 6) is -0.643. The molecule has 2 aromatic rings. The van der Waals surface area contributed by atoms with Gasteiger partial charge in [0, 0.05) is 18.2 Å². The lowest BCUT2D eigenvalue weighted by atomic mass is 9.99. The summed E-state index contributed by atoms with van der Waals surface area (Å²) in [6.45, 7) is 0.600. The molecule has 2 aromatic carbocycles. The Kier molecular flexibility index (Phi) is 5.73. The first kappa shape index (κ1) is 18.9. The third kappa shape index (κ3) is 5.06. The van der Waals surface area contributed by atoms with Crippen LogP contribution in [0.5, 0.6) is 11.5 Å². The first-order chi connectivity index (χ1) is 12.9. The maximum absolute atomic E-state index is 13.3. The second-order valence-corrected chi connectivity index (χ2v) is 6.07. The Balaban J connectivity index is 1.70. The molecular weight excluding hydrogens is 359 g/mol. The van der Waals surface area contributed by atoms with Gasteiger partial charge in [0.1, 0.15) is 0 Å². The normalized spacial score (nSPS) is 15.7. The number of guanidine groups is 1. The van der Waals surface area contributed by atoms with Crippen molar-refractivity contribution in [1.29, 1.82) is 0 Å². The van der Waals surface area contributed by atoms with Crippen LogP contribution in [0.4, 0.5) is 18.9 Å². The van der Waals surface area contributed by atoms with E-state index in [4.69, 9.17) is 15.2 Å². The second-order valence-electron chi connectivity index (χ2n) is 6.07. The molecule has 1 unspecified atom stereocenters. The summed E-state index contributed by atoms with van der Waals surface area (Å²) in [7, 11) is 0. The van der Waals surface area contributed by atoms with Gasteiger partial charge in [0.25, 0.3) is 0 Å². The molecule has 1 atom stereocenters. The van der Waals surface area contributed by atoms with Gasteiger partial charge < -0.3 is 20.5 Å². The number of nitrogens with one attached hydrogen (secondary N) is 1. The Labute approximate surface area is 155 Å². The first-order valence-electron chi connectivity index (χ1n) is 8.52. The molecule has 144 valence electrons. The highest BCUT2D eigenvalue weighted by atomic mass is 19.4. The van der Waals surface area contributed by atoms with E-state index in [1.165, 1.54) is 12.1 Å². The summed E-state index contributed by atoms with van der Waals surface area (Å²) < 4.78 is 51.2. The molecule has 3 rings (SSSR count). The average molecular weight is 379 g/mol. The molecule has 0 amide bonds. The van der Waals surface area contributed by atoms with E-state index in [2.05, 4.69) is 10.3 Å². The van der Waals surface area contributed by atoms with Crippen LogP contribution in [0.1, 0.15) is 17.9 Å². The molecule has 3 N–H and O–H groups in total. The number of fused-ring (bicyclic) bond motifs is 1. The van der Waals surface area contributed by atoms with Crippen LogP contribution in [0.25, 0.3) is 0 Å². The van der Waals surface area contributed by atoms with Crippen molar-refractivity contribution in [3.8, 4) is 11.5 Å².